The van der Waals surface area contributed by atoms with Crippen LogP contribution < -0.4 is 0 Å². The molecule has 0 saturated carbocycles. The molecule has 0 fully saturated rings. The van der Waals surface area contributed by atoms with Crippen LogP contribution in [0.2, 0.25) is 0 Å². The maximum atomic E-state index is 8.96. The number of aliphatic hydroxyl groups is 1. The molecule has 0 aliphatic heterocycles. The van der Waals surface area contributed by atoms with Gasteiger partial charge in [0.2, 0.25) is 0 Å². The Morgan fingerprint density at radius 1 is 1.43 bits per heavy atom. The summed E-state index contributed by atoms with van der Waals surface area (Å²) in [5.74, 6) is 6.90. The van der Waals surface area contributed by atoms with Crippen molar-refractivity contribution >= 4 is 12.6 Å². The van der Waals surface area contributed by atoms with Crippen LogP contribution in [0.1, 0.15) is 23.1 Å². The van der Waals surface area contributed by atoms with E-state index in [1.807, 2.05) is 25.1 Å². The fourth-order valence-electron chi connectivity index (χ4n) is 1.12. The van der Waals surface area contributed by atoms with E-state index in [2.05, 4.69) is 24.5 Å². The third-order valence-corrected chi connectivity index (χ3v) is 2.17. The Balaban J connectivity index is 2.91. The molecule has 0 aromatic heterocycles. The molecule has 1 aromatic carbocycles. The molecule has 0 atom stereocenters. The number of rotatable bonds is 2. The first-order valence-corrected chi connectivity index (χ1v) is 5.21. The Morgan fingerprint density at radius 2 is 2.21 bits per heavy atom. The van der Waals surface area contributed by atoms with Crippen LogP contribution in [0.15, 0.2) is 18.2 Å². The maximum Gasteiger partial charge on any atom is 0.0682 e. The molecule has 0 bridgehead atoms. The van der Waals surface area contributed by atoms with Crippen LogP contribution in [0.4, 0.5) is 0 Å². The predicted octanol–water partition coefficient (Wildman–Crippen LogP) is 2.16. The van der Waals surface area contributed by atoms with E-state index in [9.17, 15) is 0 Å². The van der Waals surface area contributed by atoms with Gasteiger partial charge in [0.1, 0.15) is 0 Å². The Morgan fingerprint density at radius 3 is 2.86 bits per heavy atom. The minimum Gasteiger partial charge on any atom is -0.392 e. The van der Waals surface area contributed by atoms with Crippen molar-refractivity contribution in [3.8, 4) is 11.8 Å². The molecule has 0 spiro atoms. The van der Waals surface area contributed by atoms with Gasteiger partial charge in [-0.25, -0.2) is 0 Å². The molecule has 14 heavy (non-hydrogen) atoms. The second kappa shape index (κ2) is 5.74. The lowest BCUT2D eigenvalue weighted by molar-refractivity contribution is 0.282. The van der Waals surface area contributed by atoms with Gasteiger partial charge in [0.25, 0.3) is 0 Å². The molecule has 2 heteroatoms. The van der Waals surface area contributed by atoms with Crippen molar-refractivity contribution in [2.24, 2.45) is 0 Å². The molecule has 74 valence electrons. The van der Waals surface area contributed by atoms with Gasteiger partial charge in [-0.15, -0.1) is 0 Å². The molecule has 0 aliphatic rings. The quantitative estimate of drug-likeness (QED) is 0.561. The van der Waals surface area contributed by atoms with E-state index in [1.54, 1.807) is 0 Å². The summed E-state index contributed by atoms with van der Waals surface area (Å²) in [5.41, 5.74) is 3.05. The number of benzene rings is 1. The average molecular weight is 206 g/mol. The van der Waals surface area contributed by atoms with Crippen molar-refractivity contribution in [2.75, 3.05) is 5.75 Å². The molecule has 1 rings (SSSR count). The number of aliphatic hydroxyl groups excluding tert-OH is 1. The highest BCUT2D eigenvalue weighted by molar-refractivity contribution is 7.80. The fraction of sp³-hybridized carbons (Fsp3) is 0.333. The van der Waals surface area contributed by atoms with Crippen LogP contribution in [0.3, 0.4) is 0 Å². The van der Waals surface area contributed by atoms with E-state index in [-0.39, 0.29) is 6.61 Å². The van der Waals surface area contributed by atoms with Crippen LogP contribution in [-0.4, -0.2) is 10.9 Å². The molecule has 0 amide bonds. The molecule has 0 aliphatic carbocycles. The first-order valence-electron chi connectivity index (χ1n) is 4.58. The van der Waals surface area contributed by atoms with Gasteiger partial charge in [0.05, 0.1) is 6.61 Å². The Bertz CT molecular complexity index is 360. The number of aryl methyl sites for hydroxylation is 1. The first kappa shape index (κ1) is 11.2. The van der Waals surface area contributed by atoms with Gasteiger partial charge in [-0.3, -0.25) is 0 Å². The van der Waals surface area contributed by atoms with Crippen molar-refractivity contribution in [3.05, 3.63) is 34.9 Å². The lowest BCUT2D eigenvalue weighted by atomic mass is 10.1. The van der Waals surface area contributed by atoms with Gasteiger partial charge in [0, 0.05) is 17.7 Å². The van der Waals surface area contributed by atoms with Crippen LogP contribution in [0.25, 0.3) is 0 Å². The lowest BCUT2D eigenvalue weighted by Crippen LogP contribution is -1.88. The second-order valence-electron chi connectivity index (χ2n) is 3.08. The van der Waals surface area contributed by atoms with Crippen molar-refractivity contribution in [1.29, 1.82) is 0 Å². The maximum absolute atomic E-state index is 8.96. The summed E-state index contributed by atoms with van der Waals surface area (Å²) >= 11 is 4.09. The highest BCUT2D eigenvalue weighted by atomic mass is 32.1. The molecular formula is C12H14OS. The standard InChI is InChI=1S/C12H14OS/c1-10-5-6-11(9-13)8-12(10)4-2-3-7-14/h5-6,8,13-14H,3,7,9H2,1H3. The van der Waals surface area contributed by atoms with Crippen molar-refractivity contribution in [2.45, 2.75) is 20.0 Å². The Labute approximate surface area is 90.6 Å². The predicted molar refractivity (Wildman–Crippen MR) is 62.4 cm³/mol. The molecular weight excluding hydrogens is 192 g/mol. The van der Waals surface area contributed by atoms with E-state index in [0.29, 0.717) is 0 Å². The normalized spacial score (nSPS) is 9.36. The van der Waals surface area contributed by atoms with Crippen LogP contribution in [-0.2, 0) is 6.61 Å². The highest BCUT2D eigenvalue weighted by Crippen LogP contribution is 2.09. The largest absolute Gasteiger partial charge is 0.392 e. The third kappa shape index (κ3) is 3.10. The van der Waals surface area contributed by atoms with Crippen LogP contribution in [0.5, 0.6) is 0 Å². The van der Waals surface area contributed by atoms with Gasteiger partial charge in [-0.05, 0) is 24.1 Å². The van der Waals surface area contributed by atoms with Crippen LogP contribution >= 0.6 is 12.6 Å². The summed E-state index contributed by atoms with van der Waals surface area (Å²) in [5, 5.41) is 8.96. The SMILES string of the molecule is Cc1ccc(CO)cc1C#CCCS. The molecule has 0 radical (unpaired) electrons. The second-order valence-corrected chi connectivity index (χ2v) is 3.53. The average Bonchev–Trinajstić information content (AvgIpc) is 2.21. The van der Waals surface area contributed by atoms with E-state index >= 15 is 0 Å². The number of thiol groups is 1. The van der Waals surface area contributed by atoms with E-state index in [1.165, 1.54) is 0 Å². The summed E-state index contributed by atoms with van der Waals surface area (Å²) in [4.78, 5) is 0. The number of hydrogen-bond donors (Lipinski definition) is 2. The summed E-state index contributed by atoms with van der Waals surface area (Å²) in [7, 11) is 0. The lowest BCUT2D eigenvalue weighted by Gasteiger charge is -2.00. The molecule has 0 unspecified atom stereocenters. The van der Waals surface area contributed by atoms with E-state index < -0.39 is 0 Å². The Hall–Kier alpha value is -0.910. The highest BCUT2D eigenvalue weighted by Gasteiger charge is 1.96. The van der Waals surface area contributed by atoms with Gasteiger partial charge in [-0.1, -0.05) is 24.0 Å². The summed E-state index contributed by atoms with van der Waals surface area (Å²) in [6.07, 6.45) is 0.798. The van der Waals surface area contributed by atoms with Gasteiger partial charge >= 0.3 is 0 Å². The summed E-state index contributed by atoms with van der Waals surface area (Å²) in [6, 6.07) is 5.83. The summed E-state index contributed by atoms with van der Waals surface area (Å²) < 4.78 is 0. The molecule has 1 aromatic rings. The van der Waals surface area contributed by atoms with Crippen molar-refractivity contribution < 1.29 is 5.11 Å². The smallest absolute Gasteiger partial charge is 0.0682 e. The Kier molecular flexibility index (Phi) is 4.58. The van der Waals surface area contributed by atoms with Gasteiger partial charge in [-0.2, -0.15) is 12.6 Å². The fourth-order valence-corrected chi connectivity index (χ4v) is 1.23. The first-order chi connectivity index (χ1) is 6.77. The number of hydrogen-bond acceptors (Lipinski definition) is 2. The molecule has 0 heterocycles. The van der Waals surface area contributed by atoms with E-state index in [0.717, 1.165) is 28.9 Å². The zero-order chi connectivity index (χ0) is 10.4. The molecule has 1 nitrogen and oxygen atoms in total. The minimum absolute atomic E-state index is 0.0710. The van der Waals surface area contributed by atoms with E-state index in [4.69, 9.17) is 5.11 Å². The van der Waals surface area contributed by atoms with Gasteiger partial charge < -0.3 is 5.11 Å². The van der Waals surface area contributed by atoms with Crippen molar-refractivity contribution in [1.82, 2.24) is 0 Å². The third-order valence-electron chi connectivity index (χ3n) is 1.94. The topological polar surface area (TPSA) is 20.2 Å². The molecule has 1 N–H and O–H groups in total. The molecule has 0 saturated heterocycles. The van der Waals surface area contributed by atoms with Crippen molar-refractivity contribution in [3.63, 3.8) is 0 Å². The summed E-state index contributed by atoms with van der Waals surface area (Å²) in [6.45, 7) is 2.09. The zero-order valence-corrected chi connectivity index (χ0v) is 9.14. The minimum atomic E-state index is 0.0710. The van der Waals surface area contributed by atoms with Crippen LogP contribution in [0, 0.1) is 18.8 Å². The zero-order valence-electron chi connectivity index (χ0n) is 8.25. The van der Waals surface area contributed by atoms with Gasteiger partial charge in [0.15, 0.2) is 0 Å². The monoisotopic (exact) mass is 206 g/mol.